The zero-order valence-corrected chi connectivity index (χ0v) is 9.53. The SMILES string of the molecule is CCOC(=O)C1CCC(=O)c2cc(F)ccc21. The molecular formula is C13H13FO3. The number of hydrogen-bond donors (Lipinski definition) is 0. The van der Waals surface area contributed by atoms with Crippen LogP contribution in [0.5, 0.6) is 0 Å². The summed E-state index contributed by atoms with van der Waals surface area (Å²) in [6.07, 6.45) is 0.705. The van der Waals surface area contributed by atoms with E-state index in [1.54, 1.807) is 6.92 Å². The fourth-order valence-corrected chi connectivity index (χ4v) is 2.13. The number of carbonyl (C=O) groups is 2. The Morgan fingerprint density at radius 2 is 2.29 bits per heavy atom. The van der Waals surface area contributed by atoms with E-state index in [2.05, 4.69) is 0 Å². The highest BCUT2D eigenvalue weighted by Crippen LogP contribution is 2.32. The van der Waals surface area contributed by atoms with E-state index in [0.29, 0.717) is 24.2 Å². The van der Waals surface area contributed by atoms with Crippen LogP contribution in [0.15, 0.2) is 18.2 Å². The normalized spacial score (nSPS) is 18.7. The maximum absolute atomic E-state index is 13.1. The number of halogens is 1. The van der Waals surface area contributed by atoms with Gasteiger partial charge in [-0.2, -0.15) is 0 Å². The van der Waals surface area contributed by atoms with Crippen molar-refractivity contribution in [3.8, 4) is 0 Å². The molecule has 0 radical (unpaired) electrons. The molecule has 1 aromatic rings. The number of rotatable bonds is 2. The van der Waals surface area contributed by atoms with E-state index in [0.717, 1.165) is 0 Å². The summed E-state index contributed by atoms with van der Waals surface area (Å²) in [5, 5.41) is 0. The van der Waals surface area contributed by atoms with Crippen LogP contribution >= 0.6 is 0 Å². The number of benzene rings is 1. The predicted octanol–water partition coefficient (Wildman–Crippen LogP) is 2.45. The Hall–Kier alpha value is -1.71. The topological polar surface area (TPSA) is 43.4 Å². The van der Waals surface area contributed by atoms with Crippen molar-refractivity contribution in [1.82, 2.24) is 0 Å². The molecule has 3 nitrogen and oxygen atoms in total. The molecule has 0 saturated carbocycles. The fraction of sp³-hybridized carbons (Fsp3) is 0.385. The highest BCUT2D eigenvalue weighted by Gasteiger charge is 2.31. The molecule has 0 aliphatic heterocycles. The summed E-state index contributed by atoms with van der Waals surface area (Å²) in [4.78, 5) is 23.4. The minimum Gasteiger partial charge on any atom is -0.466 e. The molecule has 0 amide bonds. The zero-order valence-electron chi connectivity index (χ0n) is 9.53. The standard InChI is InChI=1S/C13H13FO3/c1-2-17-13(16)10-5-6-12(15)11-7-8(14)3-4-9(10)11/h3-4,7,10H,2,5-6H2,1H3. The molecule has 1 aliphatic rings. The van der Waals surface area contributed by atoms with Crippen LogP contribution in [0.3, 0.4) is 0 Å². The maximum atomic E-state index is 13.1. The van der Waals surface area contributed by atoms with Crippen LogP contribution in [0.25, 0.3) is 0 Å². The lowest BCUT2D eigenvalue weighted by molar-refractivity contribution is -0.145. The molecule has 0 fully saturated rings. The quantitative estimate of drug-likeness (QED) is 0.741. The van der Waals surface area contributed by atoms with Crippen molar-refractivity contribution < 1.29 is 18.7 Å². The number of ether oxygens (including phenoxy) is 1. The summed E-state index contributed by atoms with van der Waals surface area (Å²) in [7, 11) is 0. The molecule has 0 bridgehead atoms. The van der Waals surface area contributed by atoms with Crippen molar-refractivity contribution in [2.24, 2.45) is 0 Å². The van der Waals surface area contributed by atoms with Gasteiger partial charge in [0.25, 0.3) is 0 Å². The number of fused-ring (bicyclic) bond motifs is 1. The lowest BCUT2D eigenvalue weighted by atomic mass is 9.82. The first-order chi connectivity index (χ1) is 8.13. The van der Waals surface area contributed by atoms with Gasteiger partial charge in [0.15, 0.2) is 5.78 Å². The van der Waals surface area contributed by atoms with Gasteiger partial charge in [0.05, 0.1) is 12.5 Å². The van der Waals surface area contributed by atoms with Gasteiger partial charge in [-0.3, -0.25) is 9.59 Å². The molecule has 1 unspecified atom stereocenters. The third-order valence-corrected chi connectivity index (χ3v) is 2.92. The third kappa shape index (κ3) is 2.20. The minimum absolute atomic E-state index is 0.111. The third-order valence-electron chi connectivity index (χ3n) is 2.92. The fourth-order valence-electron chi connectivity index (χ4n) is 2.13. The van der Waals surface area contributed by atoms with Gasteiger partial charge in [-0.05, 0) is 31.0 Å². The summed E-state index contributed by atoms with van der Waals surface area (Å²) in [5.41, 5.74) is 0.899. The van der Waals surface area contributed by atoms with Crippen LogP contribution in [0.4, 0.5) is 4.39 Å². The van der Waals surface area contributed by atoms with Gasteiger partial charge in [-0.15, -0.1) is 0 Å². The zero-order chi connectivity index (χ0) is 12.4. The Balaban J connectivity index is 2.39. The van der Waals surface area contributed by atoms with Gasteiger partial charge < -0.3 is 4.74 Å². The van der Waals surface area contributed by atoms with Gasteiger partial charge in [0, 0.05) is 12.0 Å². The average molecular weight is 236 g/mol. The number of Topliss-reactive ketones (excluding diaryl/α,β-unsaturated/α-hetero) is 1. The predicted molar refractivity (Wildman–Crippen MR) is 59.3 cm³/mol. The molecule has 0 N–H and O–H groups in total. The van der Waals surface area contributed by atoms with E-state index in [4.69, 9.17) is 4.74 Å². The highest BCUT2D eigenvalue weighted by molar-refractivity contribution is 6.01. The van der Waals surface area contributed by atoms with Crippen LogP contribution < -0.4 is 0 Å². The van der Waals surface area contributed by atoms with Crippen molar-refractivity contribution in [3.05, 3.63) is 35.1 Å². The summed E-state index contributed by atoms with van der Waals surface area (Å²) in [6.45, 7) is 2.04. The van der Waals surface area contributed by atoms with Gasteiger partial charge in [0.2, 0.25) is 0 Å². The van der Waals surface area contributed by atoms with Crippen LogP contribution in [0, 0.1) is 5.82 Å². The first-order valence-corrected chi connectivity index (χ1v) is 5.62. The number of hydrogen-bond acceptors (Lipinski definition) is 3. The minimum atomic E-state index is -0.457. The first-order valence-electron chi connectivity index (χ1n) is 5.62. The van der Waals surface area contributed by atoms with E-state index in [1.807, 2.05) is 0 Å². The molecule has 1 atom stereocenters. The van der Waals surface area contributed by atoms with Crippen molar-refractivity contribution in [2.75, 3.05) is 6.61 Å². The van der Waals surface area contributed by atoms with Crippen LogP contribution in [0.1, 0.15) is 41.6 Å². The van der Waals surface area contributed by atoms with Crippen LogP contribution in [-0.2, 0) is 9.53 Å². The first kappa shape index (κ1) is 11.8. The molecule has 90 valence electrons. The van der Waals surface area contributed by atoms with E-state index < -0.39 is 11.7 Å². The van der Waals surface area contributed by atoms with E-state index in [-0.39, 0.29) is 18.2 Å². The molecule has 2 rings (SSSR count). The Bertz CT molecular complexity index is 468. The van der Waals surface area contributed by atoms with Gasteiger partial charge in [0.1, 0.15) is 5.82 Å². The molecule has 0 heterocycles. The second-order valence-electron chi connectivity index (χ2n) is 4.00. The number of ketones is 1. The monoisotopic (exact) mass is 236 g/mol. The Morgan fingerprint density at radius 1 is 1.53 bits per heavy atom. The Morgan fingerprint density at radius 3 is 3.00 bits per heavy atom. The number of esters is 1. The van der Waals surface area contributed by atoms with E-state index in [9.17, 15) is 14.0 Å². The lowest BCUT2D eigenvalue weighted by Gasteiger charge is -2.22. The molecular weight excluding hydrogens is 223 g/mol. The van der Waals surface area contributed by atoms with Crippen molar-refractivity contribution >= 4 is 11.8 Å². The lowest BCUT2D eigenvalue weighted by Crippen LogP contribution is -2.24. The van der Waals surface area contributed by atoms with Crippen LogP contribution in [0.2, 0.25) is 0 Å². The maximum Gasteiger partial charge on any atom is 0.313 e. The van der Waals surface area contributed by atoms with Crippen molar-refractivity contribution in [2.45, 2.75) is 25.7 Å². The van der Waals surface area contributed by atoms with Gasteiger partial charge in [-0.1, -0.05) is 6.07 Å². The highest BCUT2D eigenvalue weighted by atomic mass is 19.1. The molecule has 4 heteroatoms. The Labute approximate surface area is 98.6 Å². The average Bonchev–Trinajstić information content (AvgIpc) is 2.30. The van der Waals surface area contributed by atoms with E-state index >= 15 is 0 Å². The number of carbonyl (C=O) groups excluding carboxylic acids is 2. The second-order valence-corrected chi connectivity index (χ2v) is 4.00. The molecule has 0 aromatic heterocycles. The second kappa shape index (κ2) is 4.65. The van der Waals surface area contributed by atoms with Crippen LogP contribution in [-0.4, -0.2) is 18.4 Å². The molecule has 1 aromatic carbocycles. The summed E-state index contributed by atoms with van der Waals surface area (Å²) < 4.78 is 18.0. The van der Waals surface area contributed by atoms with Gasteiger partial charge >= 0.3 is 5.97 Å². The summed E-state index contributed by atoms with van der Waals surface area (Å²) in [5.74, 6) is -1.35. The van der Waals surface area contributed by atoms with E-state index in [1.165, 1.54) is 18.2 Å². The van der Waals surface area contributed by atoms with Gasteiger partial charge in [-0.25, -0.2) is 4.39 Å². The molecule has 17 heavy (non-hydrogen) atoms. The molecule has 0 saturated heterocycles. The van der Waals surface area contributed by atoms with Crippen molar-refractivity contribution in [3.63, 3.8) is 0 Å². The Kier molecular flexibility index (Phi) is 3.22. The van der Waals surface area contributed by atoms with Crippen molar-refractivity contribution in [1.29, 1.82) is 0 Å². The molecule has 1 aliphatic carbocycles. The molecule has 0 spiro atoms. The summed E-state index contributed by atoms with van der Waals surface area (Å²) >= 11 is 0. The largest absolute Gasteiger partial charge is 0.466 e. The summed E-state index contributed by atoms with van der Waals surface area (Å²) in [6, 6.07) is 3.97. The smallest absolute Gasteiger partial charge is 0.313 e.